The molecule has 0 amide bonds. The predicted octanol–water partition coefficient (Wildman–Crippen LogP) is 42.7. The third kappa shape index (κ3) is 109. The van der Waals surface area contributed by atoms with Gasteiger partial charge in [-0.1, -0.05) is 58.9 Å². The van der Waals surface area contributed by atoms with Gasteiger partial charge in [-0.15, -0.1) is 0 Å². The minimum Gasteiger partial charge on any atom is -0.0715 e. The van der Waals surface area contributed by atoms with Gasteiger partial charge in [0.25, 0.3) is 0 Å². The summed E-state index contributed by atoms with van der Waals surface area (Å²) in [7, 11) is -1.95. The minimum atomic E-state index is -2.35. The van der Waals surface area contributed by atoms with Gasteiger partial charge in [-0.3, -0.25) is 0 Å². The van der Waals surface area contributed by atoms with E-state index in [0.29, 0.717) is 0 Å². The summed E-state index contributed by atoms with van der Waals surface area (Å²) < 4.78 is 40.4. The van der Waals surface area contributed by atoms with Gasteiger partial charge in [0.2, 0.25) is 0 Å². The predicted molar refractivity (Wildman–Crippen MR) is 682 cm³/mol. The number of rotatable bonds is 63. The summed E-state index contributed by atoms with van der Waals surface area (Å²) in [5.74, 6) is 0. The van der Waals surface area contributed by atoms with Crippen LogP contribution >= 0.6 is 0 Å². The second kappa shape index (κ2) is 107. The first-order chi connectivity index (χ1) is 61.7. The van der Waals surface area contributed by atoms with E-state index in [1.54, 1.807) is 48.3 Å². The zero-order valence-corrected chi connectivity index (χ0v) is 128. The molecule has 0 saturated heterocycles. The van der Waals surface area contributed by atoms with Crippen molar-refractivity contribution in [2.45, 2.75) is 376 Å². The molecule has 0 bridgehead atoms. The van der Waals surface area contributed by atoms with Crippen molar-refractivity contribution >= 4 is 235 Å². The molecule has 0 spiro atoms. The molecule has 0 heterocycles. The number of benzene rings is 1. The Hall–Kier alpha value is 2.79. The van der Waals surface area contributed by atoms with Crippen molar-refractivity contribution in [3.8, 4) is 0 Å². The molecule has 6 radical (unpaired) electrons. The zero-order valence-electron chi connectivity index (χ0n) is 94.9. The summed E-state index contributed by atoms with van der Waals surface area (Å²) in [6, 6.07) is 10.9. The van der Waals surface area contributed by atoms with Crippen LogP contribution in [0.4, 0.5) is 0 Å². The van der Waals surface area contributed by atoms with Crippen molar-refractivity contribution in [1.82, 2.24) is 2.45 Å². The average Bonchev–Trinajstić information content (AvgIpc) is 0.783. The summed E-state index contributed by atoms with van der Waals surface area (Å²) >= 11 is -15.3. The van der Waals surface area contributed by atoms with Gasteiger partial charge in [0.1, 0.15) is 0 Å². The van der Waals surface area contributed by atoms with Gasteiger partial charge < -0.3 is 0 Å². The number of unbranched alkanes of at least 4 members (excludes halogenated alkanes) is 6. The van der Waals surface area contributed by atoms with Crippen LogP contribution in [0.25, 0.3) is 0 Å². The van der Waals surface area contributed by atoms with E-state index in [1.807, 2.05) is 6.08 Å². The number of hydrogen-bond acceptors (Lipinski definition) is 1. The maximum absolute atomic E-state index is 4.02. The van der Waals surface area contributed by atoms with Crippen LogP contribution in [0.2, 0.25) is 258 Å². The van der Waals surface area contributed by atoms with Gasteiger partial charge in [0, 0.05) is 26.4 Å². The zero-order chi connectivity index (χ0) is 105. The van der Waals surface area contributed by atoms with Crippen LogP contribution in [-0.4, -0.2) is 234 Å². The van der Waals surface area contributed by atoms with E-state index >= 15 is 0 Å². The maximum Gasteiger partial charge on any atom is 0.0379 e. The fraction of sp³-hybridized carbons (Fsp3) is 0.586. The molecule has 16 heteroatoms. The number of hydrogen-bond donors (Lipinski definition) is 0. The van der Waals surface area contributed by atoms with Gasteiger partial charge in [0.15, 0.2) is 0 Å². The van der Waals surface area contributed by atoms with E-state index in [9.17, 15) is 0 Å². The van der Waals surface area contributed by atoms with E-state index in [0.717, 1.165) is 13.3 Å². The topological polar surface area (TPSA) is 3.24 Å². The summed E-state index contributed by atoms with van der Waals surface area (Å²) in [5, 5.41) is 0. The molecule has 0 unspecified atom stereocenters. The van der Waals surface area contributed by atoms with Crippen molar-refractivity contribution in [3.05, 3.63) is 296 Å². The van der Waals surface area contributed by atoms with Crippen LogP contribution in [0.15, 0.2) is 296 Å². The second-order valence-electron chi connectivity index (χ2n) is 43.1. The van der Waals surface area contributed by atoms with E-state index < -0.39 is 182 Å². The van der Waals surface area contributed by atoms with Crippen LogP contribution < -0.4 is 3.58 Å². The van der Waals surface area contributed by atoms with Crippen LogP contribution in [0, 0.1) is 0 Å². The first-order valence-electron chi connectivity index (χ1n) is 51.3. The van der Waals surface area contributed by atoms with Crippen molar-refractivity contribution in [1.29, 1.82) is 0 Å². The molecule has 0 fully saturated rings. The van der Waals surface area contributed by atoms with Gasteiger partial charge in [-0.2, -0.15) is 0 Å². The Kier molecular flexibility index (Phi) is 129. The molecule has 0 aliphatic rings. The Bertz CT molecular complexity index is 2780. The van der Waals surface area contributed by atoms with Crippen molar-refractivity contribution in [2.24, 2.45) is 0 Å². The SMILES string of the molecule is C=C[CH2][Sn].C=C[CH2][Sn]([CH2]C=C)([CH2]C=C)[CH2]C=C.C=C[CH2][Sn]([CH2]C=C)([CH2]C=C)[CH2]CCC.C=C[CH2][Sn]([CH2]C=C)([CH2]C=C)[c]1ccccc1.C=C[CH2][Sn]([CH2]C=C)([CH2]CCC)[CH2]CCC.C=C[CH2][Sn]([CH2]CCC)([CH2]CCC)[CH2]CCC.C=C[CH2][Sn]([CH3])([CH2]C=C)[CH2]C=C.C=C[CH2][Sn]([CH3])([CH3])[CH2]C=C.C=C[CH2][Sn]([CH3])([CH3])[CH3].C=C[CH2][Sn]([CH3])([CH3])[N]([Si](C)(C)C)[Si](C)(C)C.C[Si](C)C.C[Si](C)C.C[Si](C)C. The molecule has 132 heavy (non-hydrogen) atoms. The van der Waals surface area contributed by atoms with E-state index in [-0.39, 0.29) is 26.4 Å². The van der Waals surface area contributed by atoms with Gasteiger partial charge >= 0.3 is 824 Å². The molecule has 1 aromatic rings. The fourth-order valence-electron chi connectivity index (χ4n) is 16.8. The first-order valence-corrected chi connectivity index (χ1v) is 147. The molecule has 762 valence electrons. The molecule has 0 atom stereocenters. The smallest absolute Gasteiger partial charge is 0.0379 e. The Morgan fingerprint density at radius 3 is 0.652 bits per heavy atom. The molecular formula is C116H233NSi5Sn10. The third-order valence-electron chi connectivity index (χ3n) is 21.9. The van der Waals surface area contributed by atoms with Gasteiger partial charge in [0.05, 0.1) is 0 Å². The molecule has 1 rings (SSSR count). The maximum atomic E-state index is 4.02. The quantitative estimate of drug-likeness (QED) is 0.0464. The van der Waals surface area contributed by atoms with Crippen molar-refractivity contribution in [3.63, 3.8) is 0 Å². The Labute approximate surface area is 895 Å². The molecule has 0 aliphatic heterocycles. The Balaban J connectivity index is -0.000000121. The Morgan fingerprint density at radius 1 is 0.265 bits per heavy atom. The second-order valence-corrected chi connectivity index (χ2v) is 190. The summed E-state index contributed by atoms with van der Waals surface area (Å²) in [4.78, 5) is 19.7. The van der Waals surface area contributed by atoms with E-state index in [2.05, 4.69) is 472 Å². The molecule has 1 aromatic carbocycles. The van der Waals surface area contributed by atoms with Crippen LogP contribution in [-0.2, 0) is 0 Å². The summed E-state index contributed by atoms with van der Waals surface area (Å²) in [5.41, 5.74) is 0. The molecular weight excluding hydrogens is 2730 g/mol. The van der Waals surface area contributed by atoms with Gasteiger partial charge in [-0.05, 0) is 0 Å². The number of allylic oxidation sites excluding steroid dienone is 21. The normalized spacial score (nSPS) is 11.1. The number of nitrogens with zero attached hydrogens (tertiary/aromatic N) is 1. The molecule has 0 N–H and O–H groups in total. The monoisotopic (exact) mass is 2980 g/mol. The van der Waals surface area contributed by atoms with E-state index in [4.69, 9.17) is 0 Å². The fourth-order valence-corrected chi connectivity index (χ4v) is 139. The van der Waals surface area contributed by atoms with Gasteiger partial charge in [-0.25, -0.2) is 0 Å². The van der Waals surface area contributed by atoms with E-state index in [1.165, 1.54) is 161 Å². The largest absolute Gasteiger partial charge is 0.0715 e. The standard InChI is InChI=1S/C6H18NSi2.C6H5.6C4H9.3C3H9Si.21C3H5.8CH3.10Sn/c1-8(2,3)7-9(4,5)6;1-2-4-6-5-3-1;6*1-3-4-2;3*1-4(2)3;21*1-3-2;;;;;;;;;;;;;;;;;;/h1-6H3;1-5H;6*1,3-4H2,2H3;3*1-3H3;21*3H,1-2H2;8*1H3;;;;;;;;;;/q-1;;;;;;;;;;;;;;;;;;;;;;;;;;;;;;;;;;;;;;;;;;;;;;;;;+1. The van der Waals surface area contributed by atoms with Crippen molar-refractivity contribution < 1.29 is 0 Å². The minimum absolute atomic E-state index is 0.120. The molecule has 0 aromatic heterocycles. The van der Waals surface area contributed by atoms with Crippen LogP contribution in [0.1, 0.15) is 119 Å². The average molecular weight is 2970 g/mol. The summed E-state index contributed by atoms with van der Waals surface area (Å²) in [6.45, 7) is 130. The molecule has 0 saturated carbocycles. The molecule has 0 aliphatic carbocycles. The molecule has 1 nitrogen and oxygen atoms in total. The van der Waals surface area contributed by atoms with Crippen LogP contribution in [0.3, 0.4) is 0 Å². The Morgan fingerprint density at radius 2 is 0.462 bits per heavy atom. The third-order valence-corrected chi connectivity index (χ3v) is 150. The van der Waals surface area contributed by atoms with Crippen LogP contribution in [0.5, 0.6) is 0 Å². The van der Waals surface area contributed by atoms with Crippen molar-refractivity contribution in [2.75, 3.05) is 0 Å². The first kappa shape index (κ1) is 160. The summed E-state index contributed by atoms with van der Waals surface area (Å²) in [6.07, 6.45) is 60.7.